The second kappa shape index (κ2) is 8.85. The first-order chi connectivity index (χ1) is 17.9. The van der Waals surface area contributed by atoms with E-state index in [1.165, 1.54) is 10.9 Å². The van der Waals surface area contributed by atoms with Gasteiger partial charge in [0.1, 0.15) is 5.82 Å². The Hall–Kier alpha value is -4.52. The van der Waals surface area contributed by atoms with Crippen LogP contribution in [0.1, 0.15) is 42.2 Å². The van der Waals surface area contributed by atoms with Gasteiger partial charge in [-0.1, -0.05) is 30.3 Å². The number of imide groups is 1. The molecular weight excluding hydrogens is 464 g/mol. The molecule has 4 aromatic rings. The van der Waals surface area contributed by atoms with Gasteiger partial charge in [-0.25, -0.2) is 9.88 Å². The molecule has 3 amide bonds. The number of carbonyl (C=O) groups excluding carboxylic acids is 3. The Kier molecular flexibility index (Phi) is 5.48. The first kappa shape index (κ1) is 22.9. The molecule has 0 radical (unpaired) electrons. The molecule has 1 saturated heterocycles. The number of rotatable bonds is 3. The van der Waals surface area contributed by atoms with Crippen LogP contribution in [-0.4, -0.2) is 53.8 Å². The summed E-state index contributed by atoms with van der Waals surface area (Å²) < 4.78 is 0. The first-order valence-corrected chi connectivity index (χ1v) is 12.4. The summed E-state index contributed by atoms with van der Waals surface area (Å²) in [7, 11) is 0. The highest BCUT2D eigenvalue weighted by Gasteiger charge is 2.36. The summed E-state index contributed by atoms with van der Waals surface area (Å²) in [5.74, 6) is 0.191. The van der Waals surface area contributed by atoms with E-state index in [1.54, 1.807) is 48.5 Å². The Morgan fingerprint density at radius 2 is 1.41 bits per heavy atom. The summed E-state index contributed by atoms with van der Waals surface area (Å²) in [6.07, 6.45) is 0. The Labute approximate surface area is 214 Å². The molecule has 2 aliphatic rings. The second-order valence-electron chi connectivity index (χ2n) is 9.59. The van der Waals surface area contributed by atoms with Crippen molar-refractivity contribution in [2.24, 2.45) is 0 Å². The van der Waals surface area contributed by atoms with Crippen LogP contribution in [0.4, 0.5) is 11.5 Å². The third kappa shape index (κ3) is 3.83. The highest BCUT2D eigenvalue weighted by molar-refractivity contribution is 6.34. The van der Waals surface area contributed by atoms with E-state index in [1.807, 2.05) is 4.90 Å². The number of anilines is 2. The number of hydrogen-bond acceptors (Lipinski definition) is 5. The quantitative estimate of drug-likeness (QED) is 0.392. The van der Waals surface area contributed by atoms with Gasteiger partial charge in [-0.05, 0) is 67.4 Å². The number of hydrogen-bond donors (Lipinski definition) is 0. The maximum atomic E-state index is 13.2. The van der Waals surface area contributed by atoms with Gasteiger partial charge in [-0.15, -0.1) is 0 Å². The van der Waals surface area contributed by atoms with Crippen molar-refractivity contribution in [1.29, 1.82) is 0 Å². The van der Waals surface area contributed by atoms with Crippen molar-refractivity contribution in [2.75, 3.05) is 36.0 Å². The molecule has 7 nitrogen and oxygen atoms in total. The van der Waals surface area contributed by atoms with E-state index in [0.717, 1.165) is 21.8 Å². The predicted molar refractivity (Wildman–Crippen MR) is 143 cm³/mol. The number of nitrogens with zero attached hydrogens (tertiary/aromatic N) is 4. The smallest absolute Gasteiger partial charge is 0.266 e. The van der Waals surface area contributed by atoms with E-state index in [0.29, 0.717) is 48.6 Å². The largest absolute Gasteiger partial charge is 0.353 e. The lowest BCUT2D eigenvalue weighted by atomic mass is 10.1. The lowest BCUT2D eigenvalue weighted by molar-refractivity contribution is 0.0746. The molecule has 7 heteroatoms. The van der Waals surface area contributed by atoms with Crippen LogP contribution in [0.15, 0.2) is 72.8 Å². The van der Waals surface area contributed by atoms with E-state index in [2.05, 4.69) is 43.0 Å². The van der Waals surface area contributed by atoms with Crippen LogP contribution in [0.3, 0.4) is 0 Å². The second-order valence-corrected chi connectivity index (χ2v) is 9.59. The number of benzene rings is 3. The minimum Gasteiger partial charge on any atom is -0.353 e. The third-order valence-corrected chi connectivity index (χ3v) is 7.29. The lowest BCUT2D eigenvalue weighted by Crippen LogP contribution is -2.49. The zero-order valence-electron chi connectivity index (χ0n) is 20.8. The van der Waals surface area contributed by atoms with Crippen LogP contribution in [0.2, 0.25) is 0 Å². The molecule has 0 bridgehead atoms. The molecule has 0 unspecified atom stereocenters. The molecule has 0 N–H and O–H groups in total. The van der Waals surface area contributed by atoms with Gasteiger partial charge in [0.15, 0.2) is 0 Å². The van der Waals surface area contributed by atoms with Gasteiger partial charge in [0, 0.05) is 37.1 Å². The molecule has 6 rings (SSSR count). The number of amides is 3. The molecule has 37 heavy (non-hydrogen) atoms. The Bertz CT molecular complexity index is 1540. The normalized spacial score (nSPS) is 15.5. The first-order valence-electron chi connectivity index (χ1n) is 12.4. The molecule has 1 fully saturated rings. The fourth-order valence-corrected chi connectivity index (χ4v) is 5.20. The number of aromatic nitrogens is 1. The SMILES string of the molecule is Cc1cc(N2CCN(C(=O)c3ccc(N4C(=O)c5ccccc5C4=O)cc3)CC2)nc2c(C)cccc12. The molecule has 2 aliphatic heterocycles. The molecule has 0 saturated carbocycles. The van der Waals surface area contributed by atoms with Crippen LogP contribution in [0.5, 0.6) is 0 Å². The van der Waals surface area contributed by atoms with E-state index in [4.69, 9.17) is 4.98 Å². The molecule has 3 aromatic carbocycles. The summed E-state index contributed by atoms with van der Waals surface area (Å²) in [5, 5.41) is 1.17. The van der Waals surface area contributed by atoms with Gasteiger partial charge in [-0.2, -0.15) is 0 Å². The summed E-state index contributed by atoms with van der Waals surface area (Å²) >= 11 is 0. The summed E-state index contributed by atoms with van der Waals surface area (Å²) in [6, 6.07) is 21.9. The standard InChI is InChI=1S/C30H26N4O3/c1-19-6-5-9-23-20(2)18-26(31-27(19)23)32-14-16-33(17-15-32)28(35)21-10-12-22(13-11-21)34-29(36)24-7-3-4-8-25(24)30(34)37/h3-13,18H,14-17H2,1-2H3. The van der Waals surface area contributed by atoms with Crippen molar-refractivity contribution in [1.82, 2.24) is 9.88 Å². The fourth-order valence-electron chi connectivity index (χ4n) is 5.20. The third-order valence-electron chi connectivity index (χ3n) is 7.29. The Balaban J connectivity index is 1.14. The van der Waals surface area contributed by atoms with Crippen molar-refractivity contribution in [3.05, 3.63) is 101 Å². The molecule has 0 spiro atoms. The maximum Gasteiger partial charge on any atom is 0.266 e. The topological polar surface area (TPSA) is 73.8 Å². The summed E-state index contributed by atoms with van der Waals surface area (Å²) in [4.78, 5) is 48.9. The number of pyridine rings is 1. The van der Waals surface area contributed by atoms with Crippen molar-refractivity contribution in [3.63, 3.8) is 0 Å². The van der Waals surface area contributed by atoms with Crippen LogP contribution in [0, 0.1) is 13.8 Å². The molecule has 1 aromatic heterocycles. The van der Waals surface area contributed by atoms with E-state index >= 15 is 0 Å². The van der Waals surface area contributed by atoms with Gasteiger partial charge >= 0.3 is 0 Å². The maximum absolute atomic E-state index is 13.2. The summed E-state index contributed by atoms with van der Waals surface area (Å²) in [5.41, 5.74) is 5.16. The minimum atomic E-state index is -0.344. The zero-order valence-corrected chi connectivity index (χ0v) is 20.8. The number of piperazine rings is 1. The average Bonchev–Trinajstić information content (AvgIpc) is 3.18. The van der Waals surface area contributed by atoms with Crippen LogP contribution in [-0.2, 0) is 0 Å². The van der Waals surface area contributed by atoms with Gasteiger partial charge in [0.25, 0.3) is 17.7 Å². The van der Waals surface area contributed by atoms with Crippen molar-refractivity contribution >= 4 is 40.1 Å². The molecule has 3 heterocycles. The monoisotopic (exact) mass is 490 g/mol. The van der Waals surface area contributed by atoms with Crippen LogP contribution in [0.25, 0.3) is 10.9 Å². The minimum absolute atomic E-state index is 0.0629. The molecule has 0 aliphatic carbocycles. The zero-order chi connectivity index (χ0) is 25.7. The van der Waals surface area contributed by atoms with E-state index in [-0.39, 0.29) is 17.7 Å². The molecule has 0 atom stereocenters. The Morgan fingerprint density at radius 1 is 0.757 bits per heavy atom. The summed E-state index contributed by atoms with van der Waals surface area (Å²) in [6.45, 7) is 6.76. The van der Waals surface area contributed by atoms with E-state index in [9.17, 15) is 14.4 Å². The Morgan fingerprint density at radius 3 is 2.05 bits per heavy atom. The van der Waals surface area contributed by atoms with E-state index < -0.39 is 0 Å². The number of fused-ring (bicyclic) bond motifs is 2. The van der Waals surface area contributed by atoms with Crippen LogP contribution < -0.4 is 9.80 Å². The lowest BCUT2D eigenvalue weighted by Gasteiger charge is -2.35. The van der Waals surface area contributed by atoms with Crippen LogP contribution >= 0.6 is 0 Å². The van der Waals surface area contributed by atoms with Crippen molar-refractivity contribution in [2.45, 2.75) is 13.8 Å². The predicted octanol–water partition coefficient (Wildman–Crippen LogP) is 4.61. The number of para-hydroxylation sites is 1. The van der Waals surface area contributed by atoms with Gasteiger partial charge in [-0.3, -0.25) is 14.4 Å². The molecular formula is C30H26N4O3. The number of aryl methyl sites for hydroxylation is 2. The fraction of sp³-hybridized carbons (Fsp3) is 0.200. The highest BCUT2D eigenvalue weighted by Crippen LogP contribution is 2.29. The average molecular weight is 491 g/mol. The van der Waals surface area contributed by atoms with Crippen molar-refractivity contribution < 1.29 is 14.4 Å². The van der Waals surface area contributed by atoms with Gasteiger partial charge < -0.3 is 9.80 Å². The number of carbonyl (C=O) groups is 3. The van der Waals surface area contributed by atoms with Crippen molar-refractivity contribution in [3.8, 4) is 0 Å². The highest BCUT2D eigenvalue weighted by atomic mass is 16.2. The van der Waals surface area contributed by atoms with Gasteiger partial charge in [0.05, 0.1) is 22.3 Å². The molecule has 184 valence electrons. The van der Waals surface area contributed by atoms with Gasteiger partial charge in [0.2, 0.25) is 0 Å².